The highest BCUT2D eigenvalue weighted by atomic mass is 35.5. The molecule has 3 aromatic heterocycles. The number of imidazole rings is 1. The van der Waals surface area contributed by atoms with E-state index in [9.17, 15) is 9.59 Å². The van der Waals surface area contributed by atoms with Crippen molar-refractivity contribution in [3.05, 3.63) is 100.0 Å². The average molecular weight is 541 g/mol. The van der Waals surface area contributed by atoms with Crippen molar-refractivity contribution in [3.8, 4) is 16.8 Å². The Balaban J connectivity index is 1.20. The molecule has 1 aliphatic rings. The van der Waals surface area contributed by atoms with E-state index in [-0.39, 0.29) is 17.6 Å². The highest BCUT2D eigenvalue weighted by Gasteiger charge is 2.25. The number of benzene rings is 2. The van der Waals surface area contributed by atoms with Gasteiger partial charge < -0.3 is 5.32 Å². The molecule has 8 nitrogen and oxygen atoms in total. The number of amides is 1. The maximum atomic E-state index is 13.8. The number of aryl methyl sites for hydroxylation is 1. The third kappa shape index (κ3) is 5.00. The summed E-state index contributed by atoms with van der Waals surface area (Å²) in [7, 11) is 0. The molecule has 1 amide bonds. The van der Waals surface area contributed by atoms with Crippen LogP contribution < -0.4 is 11.0 Å². The van der Waals surface area contributed by atoms with Gasteiger partial charge in [-0.2, -0.15) is 5.10 Å². The molecule has 0 bridgehead atoms. The molecule has 0 aliphatic heterocycles. The van der Waals surface area contributed by atoms with Crippen molar-refractivity contribution in [2.24, 2.45) is 5.92 Å². The van der Waals surface area contributed by atoms with Crippen molar-refractivity contribution in [2.75, 3.05) is 0 Å². The summed E-state index contributed by atoms with van der Waals surface area (Å²) >= 11 is 6.05. The van der Waals surface area contributed by atoms with E-state index in [0.29, 0.717) is 28.7 Å². The number of hydrogen-bond acceptors (Lipinski definition) is 4. The number of para-hydroxylation sites is 2. The Morgan fingerprint density at radius 2 is 1.82 bits per heavy atom. The molecule has 2 aromatic carbocycles. The van der Waals surface area contributed by atoms with Crippen LogP contribution in [0.15, 0.2) is 78.0 Å². The summed E-state index contributed by atoms with van der Waals surface area (Å²) in [6.07, 6.45) is 8.76. The molecule has 1 saturated carbocycles. The molecule has 5 aromatic rings. The number of aromatic nitrogens is 5. The summed E-state index contributed by atoms with van der Waals surface area (Å²) in [6.45, 7) is 2.45. The van der Waals surface area contributed by atoms with Gasteiger partial charge >= 0.3 is 5.69 Å². The van der Waals surface area contributed by atoms with E-state index < -0.39 is 0 Å². The molecule has 0 spiro atoms. The van der Waals surface area contributed by atoms with Gasteiger partial charge in [0.15, 0.2) is 0 Å². The van der Waals surface area contributed by atoms with Gasteiger partial charge in [0.2, 0.25) is 0 Å². The lowest BCUT2D eigenvalue weighted by atomic mass is 9.85. The van der Waals surface area contributed by atoms with Gasteiger partial charge in [0, 0.05) is 30.5 Å². The zero-order chi connectivity index (χ0) is 26.9. The van der Waals surface area contributed by atoms with Gasteiger partial charge in [-0.3, -0.25) is 24.0 Å². The summed E-state index contributed by atoms with van der Waals surface area (Å²) in [6, 6.07) is 17.7. The first kappa shape index (κ1) is 25.1. The number of nitrogens with zero attached hydrogens (tertiary/aromatic N) is 4. The van der Waals surface area contributed by atoms with Crippen LogP contribution in [0.2, 0.25) is 5.02 Å². The van der Waals surface area contributed by atoms with Crippen molar-refractivity contribution in [2.45, 2.75) is 45.2 Å². The van der Waals surface area contributed by atoms with Crippen LogP contribution in [0.1, 0.15) is 41.7 Å². The Labute approximate surface area is 230 Å². The summed E-state index contributed by atoms with van der Waals surface area (Å²) in [4.78, 5) is 30.8. The third-order valence-corrected chi connectivity index (χ3v) is 7.90. The van der Waals surface area contributed by atoms with Crippen molar-refractivity contribution in [3.63, 3.8) is 0 Å². The Bertz CT molecular complexity index is 1700. The molecule has 9 heteroatoms. The van der Waals surface area contributed by atoms with Gasteiger partial charge in [0.05, 0.1) is 39.2 Å². The molecule has 0 saturated heterocycles. The number of rotatable bonds is 6. The zero-order valence-corrected chi connectivity index (χ0v) is 22.4. The molecule has 0 radical (unpaired) electrons. The summed E-state index contributed by atoms with van der Waals surface area (Å²) in [5.41, 5.74) is 5.74. The van der Waals surface area contributed by atoms with E-state index in [1.165, 1.54) is 0 Å². The quantitative estimate of drug-likeness (QED) is 0.296. The van der Waals surface area contributed by atoms with E-state index in [4.69, 9.17) is 11.6 Å². The van der Waals surface area contributed by atoms with Crippen LogP contribution in [-0.2, 0) is 6.54 Å². The topological polar surface area (TPSA) is 97.6 Å². The summed E-state index contributed by atoms with van der Waals surface area (Å²) in [5, 5.41) is 10.5. The van der Waals surface area contributed by atoms with E-state index in [1.54, 1.807) is 23.0 Å². The number of carbonyl (C=O) groups excluding carboxylic acids is 1. The van der Waals surface area contributed by atoms with E-state index >= 15 is 0 Å². The first-order valence-electron chi connectivity index (χ1n) is 13.2. The van der Waals surface area contributed by atoms with Crippen molar-refractivity contribution in [1.82, 2.24) is 29.6 Å². The fourth-order valence-corrected chi connectivity index (χ4v) is 5.77. The van der Waals surface area contributed by atoms with Crippen LogP contribution in [0.5, 0.6) is 0 Å². The van der Waals surface area contributed by atoms with Gasteiger partial charge in [0.1, 0.15) is 0 Å². The number of pyridine rings is 1. The van der Waals surface area contributed by atoms with E-state index in [2.05, 4.69) is 20.5 Å². The van der Waals surface area contributed by atoms with E-state index in [0.717, 1.165) is 53.5 Å². The number of carbonyl (C=O) groups is 1. The second-order valence-corrected chi connectivity index (χ2v) is 10.7. The fraction of sp³-hybridized carbons (Fsp3) is 0.267. The lowest BCUT2D eigenvalue weighted by Gasteiger charge is -2.29. The minimum atomic E-state index is -0.136. The second kappa shape index (κ2) is 10.5. The molecule has 2 N–H and O–H groups in total. The Morgan fingerprint density at radius 1 is 1.03 bits per heavy atom. The predicted molar refractivity (Wildman–Crippen MR) is 152 cm³/mol. The maximum Gasteiger partial charge on any atom is 0.333 e. The maximum absolute atomic E-state index is 13.8. The van der Waals surface area contributed by atoms with Crippen molar-refractivity contribution < 1.29 is 4.79 Å². The molecule has 1 aliphatic carbocycles. The van der Waals surface area contributed by atoms with Gasteiger partial charge in [-0.15, -0.1) is 0 Å². The number of fused-ring (bicyclic) bond motifs is 1. The Morgan fingerprint density at radius 3 is 2.59 bits per heavy atom. The Kier molecular flexibility index (Phi) is 6.79. The average Bonchev–Trinajstić information content (AvgIpc) is 3.58. The van der Waals surface area contributed by atoms with Crippen LogP contribution in [0, 0.1) is 12.8 Å². The zero-order valence-electron chi connectivity index (χ0n) is 21.6. The van der Waals surface area contributed by atoms with E-state index in [1.807, 2.05) is 66.2 Å². The second-order valence-electron chi connectivity index (χ2n) is 10.2. The highest BCUT2D eigenvalue weighted by molar-refractivity contribution is 6.30. The van der Waals surface area contributed by atoms with Crippen LogP contribution in [0.4, 0.5) is 0 Å². The first-order chi connectivity index (χ1) is 19.0. The lowest BCUT2D eigenvalue weighted by Crippen LogP contribution is -2.39. The third-order valence-electron chi connectivity index (χ3n) is 7.69. The van der Waals surface area contributed by atoms with Crippen LogP contribution in [0.25, 0.3) is 27.8 Å². The monoisotopic (exact) mass is 540 g/mol. The van der Waals surface area contributed by atoms with Gasteiger partial charge in [-0.1, -0.05) is 35.9 Å². The molecule has 3 heterocycles. The molecule has 6 rings (SSSR count). The lowest BCUT2D eigenvalue weighted by molar-refractivity contribution is 0.0919. The number of nitrogens with one attached hydrogen (secondary N) is 2. The SMILES string of the molecule is Cc1ncc(Cl)cc1C(=O)N[C@H]1CC[C@H](Cn2c(=O)n(-c3cccc(-c4cn[nH]c4)c3)c3ccccc32)CC1. The number of hydrogen-bond donors (Lipinski definition) is 2. The van der Waals surface area contributed by atoms with Gasteiger partial charge in [-0.05, 0) is 74.4 Å². The molecular formula is C30H29ClN6O2. The Hall–Kier alpha value is -4.17. The molecular weight excluding hydrogens is 512 g/mol. The van der Waals surface area contributed by atoms with Gasteiger partial charge in [0.25, 0.3) is 5.91 Å². The summed E-state index contributed by atoms with van der Waals surface area (Å²) in [5.74, 6) is 0.213. The largest absolute Gasteiger partial charge is 0.349 e. The van der Waals surface area contributed by atoms with Crippen LogP contribution in [0.3, 0.4) is 0 Å². The smallest absolute Gasteiger partial charge is 0.333 e. The van der Waals surface area contributed by atoms with Crippen LogP contribution in [-0.4, -0.2) is 36.3 Å². The van der Waals surface area contributed by atoms with Crippen LogP contribution >= 0.6 is 11.6 Å². The molecule has 0 atom stereocenters. The molecule has 198 valence electrons. The fourth-order valence-electron chi connectivity index (χ4n) is 5.62. The summed E-state index contributed by atoms with van der Waals surface area (Å²) < 4.78 is 3.70. The number of H-pyrrole nitrogens is 1. The minimum absolute atomic E-state index is 0.0418. The molecule has 1 fully saturated rings. The minimum Gasteiger partial charge on any atom is -0.349 e. The predicted octanol–water partition coefficient (Wildman–Crippen LogP) is 5.53. The van der Waals surface area contributed by atoms with Crippen molar-refractivity contribution >= 4 is 28.5 Å². The number of halogens is 1. The van der Waals surface area contributed by atoms with Gasteiger partial charge in [-0.25, -0.2) is 4.79 Å². The molecule has 0 unspecified atom stereocenters. The van der Waals surface area contributed by atoms with Crippen molar-refractivity contribution in [1.29, 1.82) is 0 Å². The number of aromatic amines is 1. The highest BCUT2D eigenvalue weighted by Crippen LogP contribution is 2.28. The standard InChI is InChI=1S/C30H29ClN6O2/c1-19-26(14-23(31)17-32-19)29(38)35-24-11-9-20(10-12-24)18-36-27-7-2-3-8-28(27)37(30(36)39)25-6-4-5-21(13-25)22-15-33-34-16-22/h2-8,13-17,20,24H,9-12,18H2,1H3,(H,33,34)(H,35,38)/t20-,24-. The normalized spacial score (nSPS) is 17.4. The molecule has 39 heavy (non-hydrogen) atoms. The first-order valence-corrected chi connectivity index (χ1v) is 13.6.